The van der Waals surface area contributed by atoms with Crippen LogP contribution in [0.5, 0.6) is 0 Å². The maximum absolute atomic E-state index is 2.44. The standard InChI is InChI=1S/C5H5.3CH3.ClH.Ti/c1-2-4-5-3-1;;;;;/h1-3H,4H2;3*1H3;1H;/q;;;;;+1/p-1. The summed E-state index contributed by atoms with van der Waals surface area (Å²) in [6.45, 7) is 0. The van der Waals surface area contributed by atoms with E-state index in [9.17, 15) is 0 Å². The molecule has 0 N–H and O–H groups in total. The molecule has 0 aromatic heterocycles. The first-order valence-electron chi connectivity index (χ1n) is 3.47. The van der Waals surface area contributed by atoms with Crippen LogP contribution in [-0.4, -0.2) is 0 Å². The van der Waals surface area contributed by atoms with E-state index in [-0.39, 0.29) is 12.4 Å². The van der Waals surface area contributed by atoms with Crippen LogP contribution < -0.4 is 12.4 Å². The Labute approximate surface area is 73.2 Å². The van der Waals surface area contributed by atoms with E-state index in [2.05, 4.69) is 33.9 Å². The van der Waals surface area contributed by atoms with Gasteiger partial charge in [-0.2, -0.15) is 0 Å². The van der Waals surface area contributed by atoms with Crippen LogP contribution in [-0.2, 0) is 16.6 Å². The van der Waals surface area contributed by atoms with Gasteiger partial charge in [0, 0.05) is 0 Å². The van der Waals surface area contributed by atoms with Crippen molar-refractivity contribution in [3.63, 3.8) is 0 Å². The molecule has 1 aliphatic rings. The van der Waals surface area contributed by atoms with Crippen LogP contribution in [0.1, 0.15) is 6.42 Å². The molecule has 0 amide bonds. The summed E-state index contributed by atoms with van der Waals surface area (Å²) in [5, 5.41) is 7.33. The van der Waals surface area contributed by atoms with E-state index in [1.54, 1.807) is 3.88 Å². The van der Waals surface area contributed by atoms with Crippen molar-refractivity contribution in [1.82, 2.24) is 0 Å². The van der Waals surface area contributed by atoms with Crippen LogP contribution in [0.2, 0.25) is 15.7 Å². The molecule has 0 nitrogen and oxygen atoms in total. The minimum atomic E-state index is -1.38. The predicted octanol–water partition coefficient (Wildman–Crippen LogP) is 0.132. The molecule has 0 heterocycles. The maximum atomic E-state index is 2.44. The van der Waals surface area contributed by atoms with Crippen LogP contribution in [0.15, 0.2) is 22.1 Å². The van der Waals surface area contributed by atoms with Crippen molar-refractivity contribution in [2.45, 2.75) is 22.1 Å². The second-order valence-corrected chi connectivity index (χ2v) is 11.6. The quantitative estimate of drug-likeness (QED) is 0.520. The summed E-state index contributed by atoms with van der Waals surface area (Å²) in [5.41, 5.74) is 0. The summed E-state index contributed by atoms with van der Waals surface area (Å²) in [4.78, 5) is 0. The van der Waals surface area contributed by atoms with Crippen molar-refractivity contribution in [2.24, 2.45) is 0 Å². The Kier molecular flexibility index (Phi) is 3.94. The molecule has 57 valence electrons. The van der Waals surface area contributed by atoms with Crippen LogP contribution in [0.4, 0.5) is 0 Å². The number of halogens is 1. The third-order valence-corrected chi connectivity index (χ3v) is 5.32. The smallest absolute Gasteiger partial charge is 1.00 e. The first-order chi connectivity index (χ1) is 4.11. The molecular formula is C8H14ClTi. The van der Waals surface area contributed by atoms with Gasteiger partial charge in [-0.15, -0.1) is 0 Å². The largest absolute Gasteiger partial charge is 1.00 e. The summed E-state index contributed by atoms with van der Waals surface area (Å²) in [6, 6.07) is 0. The summed E-state index contributed by atoms with van der Waals surface area (Å²) in [5.74, 6) is 0. The monoisotopic (exact) mass is 193 g/mol. The van der Waals surface area contributed by atoms with Crippen molar-refractivity contribution < 1.29 is 29.0 Å². The Morgan fingerprint density at radius 3 is 2.10 bits per heavy atom. The van der Waals surface area contributed by atoms with Gasteiger partial charge in [-0.1, -0.05) is 0 Å². The van der Waals surface area contributed by atoms with Gasteiger partial charge >= 0.3 is 60.8 Å². The van der Waals surface area contributed by atoms with Gasteiger partial charge in [-0.05, 0) is 0 Å². The van der Waals surface area contributed by atoms with Crippen molar-refractivity contribution in [1.29, 1.82) is 0 Å². The Morgan fingerprint density at radius 2 is 1.90 bits per heavy atom. The summed E-state index contributed by atoms with van der Waals surface area (Å²) in [7, 11) is 0. The summed E-state index contributed by atoms with van der Waals surface area (Å²) >= 11 is -1.38. The molecule has 0 spiro atoms. The van der Waals surface area contributed by atoms with Crippen LogP contribution in [0.25, 0.3) is 0 Å². The zero-order chi connectivity index (χ0) is 6.91. The molecular weight excluding hydrogens is 179 g/mol. The molecule has 0 aromatic rings. The van der Waals surface area contributed by atoms with Gasteiger partial charge in [-0.25, -0.2) is 0 Å². The SMILES string of the molecule is [CH3][Ti+]([CH3])([CH3])[C]1=CC=CC1.[Cl-]. The normalized spacial score (nSPS) is 16.5. The van der Waals surface area contributed by atoms with Gasteiger partial charge in [0.2, 0.25) is 0 Å². The molecule has 1 aliphatic carbocycles. The van der Waals surface area contributed by atoms with Gasteiger partial charge < -0.3 is 12.4 Å². The Hall–Kier alpha value is 0.484. The van der Waals surface area contributed by atoms with E-state index in [1.165, 1.54) is 6.42 Å². The fourth-order valence-corrected chi connectivity index (χ4v) is 3.07. The van der Waals surface area contributed by atoms with E-state index in [4.69, 9.17) is 0 Å². The van der Waals surface area contributed by atoms with Gasteiger partial charge in [0.15, 0.2) is 0 Å². The molecule has 1 rings (SSSR count). The molecule has 0 fully saturated rings. The molecule has 10 heavy (non-hydrogen) atoms. The zero-order valence-corrected chi connectivity index (χ0v) is 9.13. The van der Waals surface area contributed by atoms with E-state index in [0.717, 1.165) is 0 Å². The molecule has 0 saturated carbocycles. The van der Waals surface area contributed by atoms with Crippen molar-refractivity contribution in [3.8, 4) is 0 Å². The molecule has 0 unspecified atom stereocenters. The Bertz CT molecular complexity index is 163. The first-order valence-corrected chi connectivity index (χ1v) is 8.93. The van der Waals surface area contributed by atoms with Crippen LogP contribution >= 0.6 is 0 Å². The fourth-order valence-electron chi connectivity index (χ4n) is 1.00. The van der Waals surface area contributed by atoms with Crippen molar-refractivity contribution in [2.75, 3.05) is 0 Å². The molecule has 0 bridgehead atoms. The number of hydrogen-bond acceptors (Lipinski definition) is 0. The Morgan fingerprint density at radius 1 is 1.30 bits per heavy atom. The van der Waals surface area contributed by atoms with Crippen molar-refractivity contribution >= 4 is 0 Å². The van der Waals surface area contributed by atoms with E-state index in [1.807, 2.05) is 0 Å². The van der Waals surface area contributed by atoms with Crippen LogP contribution in [0.3, 0.4) is 0 Å². The predicted molar refractivity (Wildman–Crippen MR) is 39.4 cm³/mol. The topological polar surface area (TPSA) is 0 Å². The van der Waals surface area contributed by atoms with E-state index in [0.29, 0.717) is 0 Å². The molecule has 0 saturated heterocycles. The third kappa shape index (κ3) is 2.61. The minimum absolute atomic E-state index is 0. The second kappa shape index (κ2) is 3.75. The van der Waals surface area contributed by atoms with E-state index < -0.39 is 16.6 Å². The third-order valence-electron chi connectivity index (χ3n) is 1.73. The van der Waals surface area contributed by atoms with Crippen molar-refractivity contribution in [3.05, 3.63) is 22.1 Å². The molecule has 2 heteroatoms. The number of rotatable bonds is 1. The van der Waals surface area contributed by atoms with Gasteiger partial charge in [0.05, 0.1) is 0 Å². The van der Waals surface area contributed by atoms with Gasteiger partial charge in [0.1, 0.15) is 0 Å². The van der Waals surface area contributed by atoms with E-state index >= 15 is 0 Å². The average molecular weight is 194 g/mol. The minimum Gasteiger partial charge on any atom is -1.00 e. The molecule has 0 atom stereocenters. The number of hydrogen-bond donors (Lipinski definition) is 0. The Balaban J connectivity index is 0.000000810. The summed E-state index contributed by atoms with van der Waals surface area (Å²) in [6.07, 6.45) is 7.99. The average Bonchev–Trinajstić information content (AvgIpc) is 2.08. The molecule has 0 aliphatic heterocycles. The second-order valence-electron chi connectivity index (χ2n) is 3.57. The molecule has 0 radical (unpaired) electrons. The number of allylic oxidation sites excluding steroid dienone is 4. The van der Waals surface area contributed by atoms with Crippen LogP contribution in [0, 0.1) is 0 Å². The first kappa shape index (κ1) is 10.5. The van der Waals surface area contributed by atoms with Gasteiger partial charge in [0.25, 0.3) is 0 Å². The molecule has 0 aromatic carbocycles. The van der Waals surface area contributed by atoms with Gasteiger partial charge in [-0.3, -0.25) is 0 Å². The summed E-state index contributed by atoms with van der Waals surface area (Å²) < 4.78 is 1.73. The zero-order valence-electron chi connectivity index (χ0n) is 6.82. The maximum Gasteiger partial charge on any atom is -1.00 e. The fraction of sp³-hybridized carbons (Fsp3) is 0.500.